The average Bonchev–Trinajstić information content (AvgIpc) is 2.60. The summed E-state index contributed by atoms with van der Waals surface area (Å²) in [5, 5.41) is 6.32. The van der Waals surface area contributed by atoms with Crippen molar-refractivity contribution in [1.29, 1.82) is 0 Å². The number of ether oxygens (including phenoxy) is 1. The number of methoxy groups -OCH3 is 1. The molecule has 25 heavy (non-hydrogen) atoms. The summed E-state index contributed by atoms with van der Waals surface area (Å²) in [5.41, 5.74) is 1.06. The molecule has 0 bridgehead atoms. The number of rotatable bonds is 7. The van der Waals surface area contributed by atoms with Gasteiger partial charge in [0.25, 0.3) is 10.0 Å². The third kappa shape index (κ3) is 5.20. The minimum absolute atomic E-state index is 0.133. The van der Waals surface area contributed by atoms with E-state index >= 15 is 0 Å². The van der Waals surface area contributed by atoms with Crippen LogP contribution >= 0.6 is 12.2 Å². The second-order valence-electron chi connectivity index (χ2n) is 4.95. The van der Waals surface area contributed by atoms with E-state index in [4.69, 9.17) is 17.0 Å². The van der Waals surface area contributed by atoms with Crippen molar-refractivity contribution < 1.29 is 13.2 Å². The Morgan fingerprint density at radius 3 is 2.52 bits per heavy atom. The fourth-order valence-electron chi connectivity index (χ4n) is 1.99. The van der Waals surface area contributed by atoms with E-state index in [2.05, 4.69) is 21.9 Å². The van der Waals surface area contributed by atoms with Gasteiger partial charge in [-0.3, -0.25) is 4.72 Å². The molecule has 3 N–H and O–H groups in total. The Balaban J connectivity index is 2.12. The minimum Gasteiger partial charge on any atom is -0.495 e. The summed E-state index contributed by atoms with van der Waals surface area (Å²) in [5.74, 6) is 0.447. The van der Waals surface area contributed by atoms with Gasteiger partial charge in [-0.05, 0) is 48.6 Å². The van der Waals surface area contributed by atoms with Gasteiger partial charge in [-0.1, -0.05) is 18.2 Å². The Kier molecular flexibility index (Phi) is 6.37. The highest BCUT2D eigenvalue weighted by atomic mass is 32.2. The Hall–Kier alpha value is -2.58. The maximum absolute atomic E-state index is 12.5. The first-order valence-electron chi connectivity index (χ1n) is 7.38. The van der Waals surface area contributed by atoms with Crippen LogP contribution in [0, 0.1) is 0 Å². The van der Waals surface area contributed by atoms with Crippen LogP contribution in [0.3, 0.4) is 0 Å². The molecule has 6 nitrogen and oxygen atoms in total. The lowest BCUT2D eigenvalue weighted by Crippen LogP contribution is -2.28. The van der Waals surface area contributed by atoms with Crippen molar-refractivity contribution >= 4 is 38.7 Å². The number of hydrogen-bond donors (Lipinski definition) is 3. The second kappa shape index (κ2) is 8.50. The highest BCUT2D eigenvalue weighted by Crippen LogP contribution is 2.26. The van der Waals surface area contributed by atoms with Gasteiger partial charge in [0, 0.05) is 12.2 Å². The molecule has 0 aliphatic carbocycles. The summed E-state index contributed by atoms with van der Waals surface area (Å²) >= 11 is 5.11. The number of thiocarbonyl (C=S) groups is 1. The normalized spacial score (nSPS) is 10.6. The van der Waals surface area contributed by atoms with E-state index in [-0.39, 0.29) is 4.90 Å². The molecule has 132 valence electrons. The van der Waals surface area contributed by atoms with Gasteiger partial charge in [-0.15, -0.1) is 6.58 Å². The van der Waals surface area contributed by atoms with E-state index < -0.39 is 10.0 Å². The molecule has 0 aromatic heterocycles. The third-order valence-corrected chi connectivity index (χ3v) is 4.81. The summed E-state index contributed by atoms with van der Waals surface area (Å²) in [6.45, 7) is 4.14. The van der Waals surface area contributed by atoms with Crippen LogP contribution in [0.2, 0.25) is 0 Å². The number of anilines is 2. The van der Waals surface area contributed by atoms with Crippen LogP contribution in [0.5, 0.6) is 5.75 Å². The molecule has 2 rings (SSSR count). The zero-order valence-corrected chi connectivity index (χ0v) is 15.3. The molecule has 0 aliphatic heterocycles. The van der Waals surface area contributed by atoms with Crippen molar-refractivity contribution in [1.82, 2.24) is 5.32 Å². The van der Waals surface area contributed by atoms with Crippen molar-refractivity contribution in [3.05, 3.63) is 61.2 Å². The maximum atomic E-state index is 12.5. The summed E-state index contributed by atoms with van der Waals surface area (Å²) in [6.07, 6.45) is 1.69. The van der Waals surface area contributed by atoms with E-state index in [0.29, 0.717) is 28.8 Å². The predicted octanol–water partition coefficient (Wildman–Crippen LogP) is 2.97. The molecule has 0 radical (unpaired) electrons. The van der Waals surface area contributed by atoms with Gasteiger partial charge in [-0.2, -0.15) is 0 Å². The zero-order valence-electron chi connectivity index (χ0n) is 13.7. The number of hydrogen-bond acceptors (Lipinski definition) is 4. The van der Waals surface area contributed by atoms with Gasteiger partial charge in [0.2, 0.25) is 0 Å². The van der Waals surface area contributed by atoms with Gasteiger partial charge in [-0.25, -0.2) is 8.42 Å². The number of benzene rings is 2. The van der Waals surface area contributed by atoms with Crippen molar-refractivity contribution in [3.8, 4) is 5.75 Å². The minimum atomic E-state index is -3.72. The monoisotopic (exact) mass is 377 g/mol. The average molecular weight is 377 g/mol. The van der Waals surface area contributed by atoms with Crippen molar-refractivity contribution in [2.45, 2.75) is 4.90 Å². The first-order valence-corrected chi connectivity index (χ1v) is 9.27. The molecule has 0 heterocycles. The highest BCUT2D eigenvalue weighted by molar-refractivity contribution is 7.92. The highest BCUT2D eigenvalue weighted by Gasteiger charge is 2.16. The van der Waals surface area contributed by atoms with E-state index in [1.807, 2.05) is 0 Å². The van der Waals surface area contributed by atoms with Gasteiger partial charge in [0.15, 0.2) is 5.11 Å². The Bertz CT molecular complexity index is 850. The fourth-order valence-corrected chi connectivity index (χ4v) is 3.26. The van der Waals surface area contributed by atoms with Crippen molar-refractivity contribution in [2.24, 2.45) is 0 Å². The van der Waals surface area contributed by atoms with Crippen LogP contribution in [-0.4, -0.2) is 27.2 Å². The molecule has 0 fully saturated rings. The topological polar surface area (TPSA) is 79.5 Å². The molecule has 0 aliphatic rings. The molecule has 8 heteroatoms. The second-order valence-corrected chi connectivity index (χ2v) is 7.04. The number of sulfonamides is 1. The lowest BCUT2D eigenvalue weighted by molar-refractivity contribution is 0.417. The Morgan fingerprint density at radius 2 is 1.88 bits per heavy atom. The molecular formula is C17H19N3O3S2. The van der Waals surface area contributed by atoms with Gasteiger partial charge in [0.05, 0.1) is 17.7 Å². The number of nitrogens with one attached hydrogen (secondary N) is 3. The molecule has 0 saturated carbocycles. The molecule has 2 aromatic rings. The smallest absolute Gasteiger partial charge is 0.262 e. The largest absolute Gasteiger partial charge is 0.495 e. The van der Waals surface area contributed by atoms with Crippen LogP contribution < -0.4 is 20.1 Å². The van der Waals surface area contributed by atoms with Crippen LogP contribution in [0.4, 0.5) is 11.4 Å². The van der Waals surface area contributed by atoms with Gasteiger partial charge in [0.1, 0.15) is 5.75 Å². The SMILES string of the molecule is C=CCNC(=S)Nc1ccc(S(=O)(=O)Nc2ccccc2OC)cc1. The first-order chi connectivity index (χ1) is 12.0. The Labute approximate surface area is 153 Å². The molecular weight excluding hydrogens is 358 g/mol. The summed E-state index contributed by atoms with van der Waals surface area (Å²) < 4.78 is 32.7. The van der Waals surface area contributed by atoms with Crippen LogP contribution in [0.1, 0.15) is 0 Å². The standard InChI is InChI=1S/C17H19N3O3S2/c1-3-12-18-17(24)19-13-8-10-14(11-9-13)25(21,22)20-15-6-4-5-7-16(15)23-2/h3-11,20H,1,12H2,2H3,(H2,18,19,24). The molecule has 0 spiro atoms. The first kappa shape index (κ1) is 18.8. The fraction of sp³-hybridized carbons (Fsp3) is 0.118. The van der Waals surface area contributed by atoms with Gasteiger partial charge < -0.3 is 15.4 Å². The van der Waals surface area contributed by atoms with E-state index in [1.54, 1.807) is 42.5 Å². The maximum Gasteiger partial charge on any atom is 0.262 e. The molecule has 0 amide bonds. The van der Waals surface area contributed by atoms with E-state index in [9.17, 15) is 8.42 Å². The molecule has 0 saturated heterocycles. The zero-order chi connectivity index (χ0) is 18.3. The lowest BCUT2D eigenvalue weighted by atomic mass is 10.3. The molecule has 2 aromatic carbocycles. The van der Waals surface area contributed by atoms with Gasteiger partial charge >= 0.3 is 0 Å². The number of para-hydroxylation sites is 2. The van der Waals surface area contributed by atoms with Crippen LogP contribution in [-0.2, 0) is 10.0 Å². The van der Waals surface area contributed by atoms with Crippen LogP contribution in [0.15, 0.2) is 66.1 Å². The summed E-state index contributed by atoms with van der Waals surface area (Å²) in [4.78, 5) is 0.133. The van der Waals surface area contributed by atoms with Crippen molar-refractivity contribution in [2.75, 3.05) is 23.7 Å². The molecule has 0 atom stereocenters. The summed E-state index contributed by atoms with van der Waals surface area (Å²) in [7, 11) is -2.24. The van der Waals surface area contributed by atoms with Crippen molar-refractivity contribution in [3.63, 3.8) is 0 Å². The lowest BCUT2D eigenvalue weighted by Gasteiger charge is -2.12. The predicted molar refractivity (Wildman–Crippen MR) is 105 cm³/mol. The van der Waals surface area contributed by atoms with Crippen LogP contribution in [0.25, 0.3) is 0 Å². The van der Waals surface area contributed by atoms with E-state index in [0.717, 1.165) is 0 Å². The Morgan fingerprint density at radius 1 is 1.20 bits per heavy atom. The third-order valence-electron chi connectivity index (χ3n) is 3.18. The van der Waals surface area contributed by atoms with E-state index in [1.165, 1.54) is 19.2 Å². The summed E-state index contributed by atoms with van der Waals surface area (Å²) in [6, 6.07) is 13.1. The quantitative estimate of drug-likeness (QED) is 0.509. The molecule has 0 unspecified atom stereocenters.